The molecule has 1 N–H and O–H groups in total. The van der Waals surface area contributed by atoms with Gasteiger partial charge in [0.25, 0.3) is 5.91 Å². The van der Waals surface area contributed by atoms with Crippen molar-refractivity contribution >= 4 is 23.1 Å². The van der Waals surface area contributed by atoms with E-state index in [1.54, 1.807) is 6.20 Å². The Morgan fingerprint density at radius 1 is 1.23 bits per heavy atom. The first-order valence-corrected chi connectivity index (χ1v) is 9.68. The molecule has 0 atom stereocenters. The van der Waals surface area contributed by atoms with E-state index < -0.39 is 23.5 Å². The number of aryl methyl sites for hydroxylation is 1. The number of nitrogens with one attached hydrogen (secondary N) is 1. The number of hydrogen-bond donors (Lipinski definition) is 1. The number of aromatic nitrogens is 5. The van der Waals surface area contributed by atoms with Crippen LogP contribution in [0.1, 0.15) is 29.9 Å². The third-order valence-corrected chi connectivity index (χ3v) is 5.31. The number of likely N-dealkylation sites (N-methyl/N-ethyl adjacent to an activating group) is 1. The summed E-state index contributed by atoms with van der Waals surface area (Å²) < 4.78 is 42.0. The molecule has 9 nitrogen and oxygen atoms in total. The van der Waals surface area contributed by atoms with Gasteiger partial charge in [-0.25, -0.2) is 9.50 Å². The highest BCUT2D eigenvalue weighted by Crippen LogP contribution is 2.34. The number of rotatable bonds is 3. The summed E-state index contributed by atoms with van der Waals surface area (Å²) in [5.74, 6) is -0.0618. The molecule has 0 unspecified atom stereocenters. The van der Waals surface area contributed by atoms with E-state index in [0.29, 0.717) is 5.82 Å². The SMILES string of the molecule is CN1CCN(c2ccn3ncc(C(=O)Nc4cn(C)nc4C(F)(F)F)c3n2)C(C)(C)C1. The predicted octanol–water partition coefficient (Wildman–Crippen LogP) is 2.26. The van der Waals surface area contributed by atoms with Crippen molar-refractivity contribution in [3.63, 3.8) is 0 Å². The van der Waals surface area contributed by atoms with Gasteiger partial charge in [0, 0.05) is 44.6 Å². The number of alkyl halides is 3. The summed E-state index contributed by atoms with van der Waals surface area (Å²) in [5, 5.41) is 9.82. The second-order valence-corrected chi connectivity index (χ2v) is 8.33. The lowest BCUT2D eigenvalue weighted by molar-refractivity contribution is -0.140. The molecule has 1 saturated heterocycles. The lowest BCUT2D eigenvalue weighted by Gasteiger charge is -2.46. The smallest absolute Gasteiger partial charge is 0.349 e. The number of fused-ring (bicyclic) bond motifs is 1. The Balaban J connectivity index is 1.67. The summed E-state index contributed by atoms with van der Waals surface area (Å²) in [6.07, 6.45) is -0.602. The molecular weight excluding hydrogens is 413 g/mol. The maximum Gasteiger partial charge on any atom is 0.437 e. The number of carbonyl (C=O) groups excluding carboxylic acids is 1. The van der Waals surface area contributed by atoms with Crippen LogP contribution in [0.2, 0.25) is 0 Å². The van der Waals surface area contributed by atoms with Crippen LogP contribution in [0, 0.1) is 0 Å². The zero-order valence-electron chi connectivity index (χ0n) is 17.6. The van der Waals surface area contributed by atoms with E-state index in [1.165, 1.54) is 17.8 Å². The Morgan fingerprint density at radius 2 is 1.97 bits per heavy atom. The minimum absolute atomic E-state index is 0.0748. The lowest BCUT2D eigenvalue weighted by atomic mass is 9.99. The van der Waals surface area contributed by atoms with Crippen LogP contribution in [0.4, 0.5) is 24.7 Å². The highest BCUT2D eigenvalue weighted by molar-refractivity contribution is 6.08. The van der Waals surface area contributed by atoms with Gasteiger partial charge in [-0.05, 0) is 27.0 Å². The monoisotopic (exact) mass is 436 g/mol. The van der Waals surface area contributed by atoms with Crippen molar-refractivity contribution in [1.82, 2.24) is 29.3 Å². The predicted molar refractivity (Wildman–Crippen MR) is 108 cm³/mol. The fraction of sp³-hybridized carbons (Fsp3) is 0.474. The van der Waals surface area contributed by atoms with Gasteiger partial charge >= 0.3 is 6.18 Å². The van der Waals surface area contributed by atoms with Crippen LogP contribution < -0.4 is 10.2 Å². The number of carbonyl (C=O) groups is 1. The summed E-state index contributed by atoms with van der Waals surface area (Å²) in [6, 6.07) is 1.82. The van der Waals surface area contributed by atoms with Crippen LogP contribution in [0.5, 0.6) is 0 Å². The van der Waals surface area contributed by atoms with Gasteiger partial charge in [-0.2, -0.15) is 23.4 Å². The van der Waals surface area contributed by atoms with E-state index in [0.717, 1.165) is 30.5 Å². The first-order chi connectivity index (χ1) is 14.5. The van der Waals surface area contributed by atoms with Crippen LogP contribution in [-0.2, 0) is 13.2 Å². The maximum atomic E-state index is 13.2. The molecule has 3 aromatic rings. The molecule has 0 aromatic carbocycles. The normalized spacial score (nSPS) is 17.3. The van der Waals surface area contributed by atoms with Gasteiger partial charge < -0.3 is 15.1 Å². The topological polar surface area (TPSA) is 83.6 Å². The van der Waals surface area contributed by atoms with E-state index in [1.807, 2.05) is 6.07 Å². The van der Waals surface area contributed by atoms with E-state index in [9.17, 15) is 18.0 Å². The van der Waals surface area contributed by atoms with Gasteiger partial charge in [0.2, 0.25) is 0 Å². The van der Waals surface area contributed by atoms with Crippen molar-refractivity contribution in [2.45, 2.75) is 25.6 Å². The average Bonchev–Trinajstić information content (AvgIpc) is 3.23. The summed E-state index contributed by atoms with van der Waals surface area (Å²) >= 11 is 0. The van der Waals surface area contributed by atoms with Crippen molar-refractivity contribution in [2.75, 3.05) is 36.9 Å². The summed E-state index contributed by atoms with van der Waals surface area (Å²) in [4.78, 5) is 21.8. The molecular formula is C19H23F3N8O. The van der Waals surface area contributed by atoms with Crippen LogP contribution >= 0.6 is 0 Å². The molecule has 12 heteroatoms. The van der Waals surface area contributed by atoms with Crippen molar-refractivity contribution < 1.29 is 18.0 Å². The Kier molecular flexibility index (Phi) is 4.91. The minimum Gasteiger partial charge on any atom is -0.349 e. The van der Waals surface area contributed by atoms with Gasteiger partial charge in [0.15, 0.2) is 11.3 Å². The van der Waals surface area contributed by atoms with Crippen LogP contribution in [0.25, 0.3) is 5.65 Å². The molecule has 4 heterocycles. The molecule has 1 fully saturated rings. The van der Waals surface area contributed by atoms with E-state index in [4.69, 9.17) is 0 Å². The number of piperazine rings is 1. The van der Waals surface area contributed by atoms with Gasteiger partial charge in [-0.15, -0.1) is 0 Å². The second kappa shape index (κ2) is 7.22. The zero-order chi connectivity index (χ0) is 22.6. The Labute approximate surface area is 176 Å². The number of halogens is 3. The number of hydrogen-bond acceptors (Lipinski definition) is 6. The first-order valence-electron chi connectivity index (χ1n) is 9.68. The zero-order valence-corrected chi connectivity index (χ0v) is 17.6. The maximum absolute atomic E-state index is 13.2. The highest BCUT2D eigenvalue weighted by atomic mass is 19.4. The van der Waals surface area contributed by atoms with Crippen molar-refractivity contribution in [3.05, 3.63) is 35.9 Å². The van der Waals surface area contributed by atoms with E-state index in [2.05, 4.69) is 51.2 Å². The standard InChI is InChI=1S/C19H23F3N8O/c1-18(2)11-27(3)7-8-29(18)14-5-6-30-16(25-14)12(9-23-30)17(31)24-13-10-28(4)26-15(13)19(20,21)22/h5-6,9-10H,7-8,11H2,1-4H3,(H,24,31). The third-order valence-electron chi connectivity index (χ3n) is 5.31. The third kappa shape index (κ3) is 3.94. The van der Waals surface area contributed by atoms with Crippen molar-refractivity contribution in [1.29, 1.82) is 0 Å². The number of amides is 1. The van der Waals surface area contributed by atoms with E-state index in [-0.39, 0.29) is 16.7 Å². The Bertz CT molecular complexity index is 1130. The highest BCUT2D eigenvalue weighted by Gasteiger charge is 2.38. The first kappa shape index (κ1) is 21.1. The molecule has 4 rings (SSSR count). The molecule has 3 aromatic heterocycles. The van der Waals surface area contributed by atoms with Gasteiger partial charge in [0.05, 0.1) is 11.9 Å². The Hall–Kier alpha value is -3.15. The van der Waals surface area contributed by atoms with Crippen LogP contribution in [0.3, 0.4) is 0 Å². The second-order valence-electron chi connectivity index (χ2n) is 8.33. The molecule has 166 valence electrons. The molecule has 0 saturated carbocycles. The van der Waals surface area contributed by atoms with Gasteiger partial charge in [0.1, 0.15) is 11.4 Å². The largest absolute Gasteiger partial charge is 0.437 e. The fourth-order valence-corrected chi connectivity index (χ4v) is 3.97. The quantitative estimate of drug-likeness (QED) is 0.678. The summed E-state index contributed by atoms with van der Waals surface area (Å²) in [6.45, 7) is 6.68. The Morgan fingerprint density at radius 3 is 2.65 bits per heavy atom. The molecule has 31 heavy (non-hydrogen) atoms. The van der Waals surface area contributed by atoms with Crippen LogP contribution in [0.15, 0.2) is 24.7 Å². The summed E-state index contributed by atoms with van der Waals surface area (Å²) in [5.41, 5.74) is -1.42. The van der Waals surface area contributed by atoms with Crippen molar-refractivity contribution in [3.8, 4) is 0 Å². The average molecular weight is 436 g/mol. The molecule has 1 aliphatic rings. The molecule has 0 bridgehead atoms. The van der Waals surface area contributed by atoms with Crippen LogP contribution in [-0.4, -0.2) is 67.4 Å². The fourth-order valence-electron chi connectivity index (χ4n) is 3.97. The lowest BCUT2D eigenvalue weighted by Crippen LogP contribution is -2.58. The van der Waals surface area contributed by atoms with E-state index >= 15 is 0 Å². The number of anilines is 2. The van der Waals surface area contributed by atoms with Gasteiger partial charge in [-0.1, -0.05) is 0 Å². The molecule has 1 aliphatic heterocycles. The summed E-state index contributed by atoms with van der Waals surface area (Å²) in [7, 11) is 3.41. The number of nitrogens with zero attached hydrogens (tertiary/aromatic N) is 7. The molecule has 0 aliphatic carbocycles. The molecule has 0 spiro atoms. The minimum atomic E-state index is -4.69. The molecule has 1 amide bonds. The van der Waals surface area contributed by atoms with Gasteiger partial charge in [-0.3, -0.25) is 9.48 Å². The molecule has 0 radical (unpaired) electrons. The van der Waals surface area contributed by atoms with Crippen molar-refractivity contribution in [2.24, 2.45) is 7.05 Å².